The summed E-state index contributed by atoms with van der Waals surface area (Å²) in [6.45, 7) is 0.880. The van der Waals surface area contributed by atoms with Gasteiger partial charge in [-0.3, -0.25) is 9.89 Å². The lowest BCUT2D eigenvalue weighted by Crippen LogP contribution is -2.24. The van der Waals surface area contributed by atoms with Crippen molar-refractivity contribution in [1.29, 1.82) is 0 Å². The molecule has 1 aromatic carbocycles. The Morgan fingerprint density at radius 2 is 1.90 bits per heavy atom. The number of benzene rings is 1. The van der Waals surface area contributed by atoms with Gasteiger partial charge in [-0.15, -0.1) is 0 Å². The van der Waals surface area contributed by atoms with E-state index < -0.39 is 0 Å². The summed E-state index contributed by atoms with van der Waals surface area (Å²) in [6.07, 6.45) is 5.31. The maximum absolute atomic E-state index is 12.2. The third kappa shape index (κ3) is 4.43. The van der Waals surface area contributed by atoms with Crippen LogP contribution >= 0.6 is 0 Å². The molecule has 5 heteroatoms. The number of unbranched alkanes of at least 4 members (excludes halogenated alkanes) is 3. The average Bonchev–Trinajstić information content (AvgIpc) is 3.01. The molecule has 1 aromatic heterocycles. The van der Waals surface area contributed by atoms with Crippen molar-refractivity contribution in [3.05, 3.63) is 42.1 Å². The van der Waals surface area contributed by atoms with Crippen molar-refractivity contribution in [1.82, 2.24) is 15.5 Å². The summed E-state index contributed by atoms with van der Waals surface area (Å²) < 4.78 is 0. The molecule has 0 bridgehead atoms. The summed E-state index contributed by atoms with van der Waals surface area (Å²) >= 11 is 0. The third-order valence-corrected chi connectivity index (χ3v) is 3.32. The van der Waals surface area contributed by atoms with E-state index in [-0.39, 0.29) is 12.5 Å². The molecule has 0 spiro atoms. The summed E-state index contributed by atoms with van der Waals surface area (Å²) in [6, 6.07) is 9.68. The molecule has 0 radical (unpaired) electrons. The number of carbonyl (C=O) groups excluding carboxylic acids is 1. The number of carbonyl (C=O) groups is 1. The molecule has 2 rings (SSSR count). The molecule has 0 saturated carbocycles. The van der Waals surface area contributed by atoms with E-state index in [1.54, 1.807) is 6.20 Å². The third-order valence-electron chi connectivity index (χ3n) is 3.32. The van der Waals surface area contributed by atoms with Gasteiger partial charge >= 0.3 is 0 Å². The molecular weight excluding hydrogens is 266 g/mol. The normalized spacial score (nSPS) is 10.5. The Bertz CT molecular complexity index is 552. The standard InChI is InChI=1S/C16H21N3O2/c20-11-7-2-1-6-10-17-16(21)14-12-18-19-15(14)13-8-4-3-5-9-13/h3-5,8-9,12,20H,1-2,6-7,10-11H2,(H,17,21)(H,18,19). The zero-order valence-electron chi connectivity index (χ0n) is 12.0. The number of nitrogens with zero attached hydrogens (tertiary/aromatic N) is 1. The largest absolute Gasteiger partial charge is 0.396 e. The predicted octanol–water partition coefficient (Wildman–Crippen LogP) is 2.36. The maximum atomic E-state index is 12.2. The molecule has 0 aliphatic heterocycles. The van der Waals surface area contributed by atoms with Crippen molar-refractivity contribution in [3.63, 3.8) is 0 Å². The summed E-state index contributed by atoms with van der Waals surface area (Å²) in [5, 5.41) is 18.5. The monoisotopic (exact) mass is 287 g/mol. The van der Waals surface area contributed by atoms with Gasteiger partial charge in [0, 0.05) is 18.7 Å². The number of aromatic amines is 1. The zero-order chi connectivity index (χ0) is 14.9. The van der Waals surface area contributed by atoms with E-state index in [0.29, 0.717) is 12.1 Å². The van der Waals surface area contributed by atoms with Crippen LogP contribution in [0.3, 0.4) is 0 Å². The second kappa shape index (κ2) is 8.21. The maximum Gasteiger partial charge on any atom is 0.255 e. The van der Waals surface area contributed by atoms with Gasteiger partial charge in [0.15, 0.2) is 0 Å². The van der Waals surface area contributed by atoms with Crippen LogP contribution in [0.25, 0.3) is 11.3 Å². The van der Waals surface area contributed by atoms with Gasteiger partial charge < -0.3 is 10.4 Å². The van der Waals surface area contributed by atoms with Crippen LogP contribution in [-0.2, 0) is 0 Å². The van der Waals surface area contributed by atoms with Crippen molar-refractivity contribution in [2.24, 2.45) is 0 Å². The number of aromatic nitrogens is 2. The highest BCUT2D eigenvalue weighted by Crippen LogP contribution is 2.20. The Morgan fingerprint density at radius 1 is 1.14 bits per heavy atom. The first-order valence-electron chi connectivity index (χ1n) is 7.31. The molecule has 1 amide bonds. The van der Waals surface area contributed by atoms with Crippen LogP contribution in [0, 0.1) is 0 Å². The number of aliphatic hydroxyl groups is 1. The fourth-order valence-electron chi connectivity index (χ4n) is 2.17. The SMILES string of the molecule is O=C(NCCCCCCO)c1cn[nH]c1-c1ccccc1. The minimum absolute atomic E-state index is 0.107. The number of amides is 1. The van der Waals surface area contributed by atoms with Crippen molar-refractivity contribution >= 4 is 5.91 Å². The van der Waals surface area contributed by atoms with E-state index >= 15 is 0 Å². The summed E-state index contributed by atoms with van der Waals surface area (Å²) in [5.74, 6) is -0.107. The highest BCUT2D eigenvalue weighted by atomic mass is 16.2. The van der Waals surface area contributed by atoms with Crippen LogP contribution in [0.4, 0.5) is 0 Å². The van der Waals surface area contributed by atoms with Gasteiger partial charge in [0.1, 0.15) is 0 Å². The second-order valence-corrected chi connectivity index (χ2v) is 4.92. The van der Waals surface area contributed by atoms with Crippen LogP contribution in [0.15, 0.2) is 36.5 Å². The van der Waals surface area contributed by atoms with Gasteiger partial charge in [0.05, 0.1) is 17.5 Å². The Balaban J connectivity index is 1.88. The lowest BCUT2D eigenvalue weighted by molar-refractivity contribution is 0.0953. The van der Waals surface area contributed by atoms with E-state index in [1.165, 1.54) is 0 Å². The van der Waals surface area contributed by atoms with Crippen molar-refractivity contribution in [2.45, 2.75) is 25.7 Å². The number of hydrogen-bond acceptors (Lipinski definition) is 3. The van der Waals surface area contributed by atoms with E-state index in [9.17, 15) is 4.79 Å². The molecule has 5 nitrogen and oxygen atoms in total. The minimum Gasteiger partial charge on any atom is -0.396 e. The van der Waals surface area contributed by atoms with Gasteiger partial charge in [0.2, 0.25) is 0 Å². The molecular formula is C16H21N3O2. The van der Waals surface area contributed by atoms with E-state index in [4.69, 9.17) is 5.11 Å². The molecule has 0 unspecified atom stereocenters. The highest BCUT2D eigenvalue weighted by Gasteiger charge is 2.14. The molecule has 0 aliphatic rings. The molecule has 0 atom stereocenters. The number of aliphatic hydroxyl groups excluding tert-OH is 1. The lowest BCUT2D eigenvalue weighted by atomic mass is 10.1. The Hall–Kier alpha value is -2.14. The zero-order valence-corrected chi connectivity index (χ0v) is 12.0. The van der Waals surface area contributed by atoms with E-state index in [2.05, 4.69) is 15.5 Å². The number of hydrogen-bond donors (Lipinski definition) is 3. The molecule has 0 saturated heterocycles. The first kappa shape index (κ1) is 15.3. The fraction of sp³-hybridized carbons (Fsp3) is 0.375. The van der Waals surface area contributed by atoms with Crippen LogP contribution in [0.1, 0.15) is 36.0 Å². The second-order valence-electron chi connectivity index (χ2n) is 4.92. The quantitative estimate of drug-likeness (QED) is 0.652. The highest BCUT2D eigenvalue weighted by molar-refractivity contribution is 5.99. The van der Waals surface area contributed by atoms with Crippen molar-refractivity contribution < 1.29 is 9.90 Å². The van der Waals surface area contributed by atoms with Crippen molar-refractivity contribution in [2.75, 3.05) is 13.2 Å². The topological polar surface area (TPSA) is 78.0 Å². The van der Waals surface area contributed by atoms with Crippen molar-refractivity contribution in [3.8, 4) is 11.3 Å². The predicted molar refractivity (Wildman–Crippen MR) is 81.9 cm³/mol. The summed E-state index contributed by atoms with van der Waals surface area (Å²) in [5.41, 5.74) is 2.26. The first-order chi connectivity index (χ1) is 10.3. The van der Waals surface area contributed by atoms with Gasteiger partial charge in [-0.1, -0.05) is 43.2 Å². The number of nitrogens with one attached hydrogen (secondary N) is 2. The molecule has 0 fully saturated rings. The van der Waals surface area contributed by atoms with E-state index in [0.717, 1.165) is 36.9 Å². The molecule has 2 aromatic rings. The molecule has 1 heterocycles. The van der Waals surface area contributed by atoms with Crippen LogP contribution in [0.5, 0.6) is 0 Å². The van der Waals surface area contributed by atoms with Gasteiger partial charge in [-0.25, -0.2) is 0 Å². The average molecular weight is 287 g/mol. The number of H-pyrrole nitrogens is 1. The van der Waals surface area contributed by atoms with Crippen LogP contribution < -0.4 is 5.32 Å². The molecule has 0 aliphatic carbocycles. The van der Waals surface area contributed by atoms with E-state index in [1.807, 2.05) is 30.3 Å². The van der Waals surface area contributed by atoms with Crippen LogP contribution in [0.2, 0.25) is 0 Å². The minimum atomic E-state index is -0.107. The van der Waals surface area contributed by atoms with Crippen LogP contribution in [-0.4, -0.2) is 34.4 Å². The Kier molecular flexibility index (Phi) is 5.97. The summed E-state index contributed by atoms with van der Waals surface area (Å²) in [4.78, 5) is 12.2. The Labute approximate surface area is 124 Å². The Morgan fingerprint density at radius 3 is 2.67 bits per heavy atom. The molecule has 3 N–H and O–H groups in total. The van der Waals surface area contributed by atoms with Gasteiger partial charge in [-0.2, -0.15) is 5.10 Å². The van der Waals surface area contributed by atoms with Gasteiger partial charge in [-0.05, 0) is 12.8 Å². The molecule has 112 valence electrons. The van der Waals surface area contributed by atoms with Gasteiger partial charge in [0.25, 0.3) is 5.91 Å². The summed E-state index contributed by atoms with van der Waals surface area (Å²) in [7, 11) is 0. The molecule has 21 heavy (non-hydrogen) atoms. The first-order valence-corrected chi connectivity index (χ1v) is 7.31. The fourth-order valence-corrected chi connectivity index (χ4v) is 2.17. The lowest BCUT2D eigenvalue weighted by Gasteiger charge is -2.06. The smallest absolute Gasteiger partial charge is 0.255 e. The number of rotatable bonds is 8.